The van der Waals surface area contributed by atoms with Gasteiger partial charge in [0.1, 0.15) is 12.4 Å². The summed E-state index contributed by atoms with van der Waals surface area (Å²) in [6, 6.07) is 9.09. The Morgan fingerprint density at radius 1 is 1.42 bits per heavy atom. The second-order valence-electron chi connectivity index (χ2n) is 3.84. The van der Waals surface area contributed by atoms with Crippen molar-refractivity contribution in [3.8, 4) is 5.75 Å². The first-order valence-electron chi connectivity index (χ1n) is 6.07. The highest BCUT2D eigenvalue weighted by Gasteiger charge is 2.13. The van der Waals surface area contributed by atoms with E-state index in [1.165, 1.54) is 0 Å². The van der Waals surface area contributed by atoms with Gasteiger partial charge in [0, 0.05) is 11.5 Å². The molecule has 0 spiro atoms. The summed E-state index contributed by atoms with van der Waals surface area (Å²) in [5.41, 5.74) is 0.951. The summed E-state index contributed by atoms with van der Waals surface area (Å²) in [6.07, 6.45) is 1.65. The van der Waals surface area contributed by atoms with Crippen molar-refractivity contribution < 1.29 is 14.3 Å². The fourth-order valence-corrected chi connectivity index (χ4v) is 1.72. The third-order valence-corrected chi connectivity index (χ3v) is 2.52. The summed E-state index contributed by atoms with van der Waals surface area (Å²) in [5.74, 6) is 0.158. The van der Waals surface area contributed by atoms with Gasteiger partial charge in [0.2, 0.25) is 0 Å². The van der Waals surface area contributed by atoms with Gasteiger partial charge in [-0.2, -0.15) is 0 Å². The molecule has 4 heteroatoms. The standard InChI is InChI=1S/C15H15NO3/c1-3-9-19-14-10-13(15(17)18-4-2)16-12-8-6-5-7-11(12)14/h3,5-8,10H,1,4,9H2,2H3. The number of rotatable bonds is 5. The van der Waals surface area contributed by atoms with Crippen LogP contribution in [-0.4, -0.2) is 24.2 Å². The highest BCUT2D eigenvalue weighted by atomic mass is 16.5. The molecular formula is C15H15NO3. The average Bonchev–Trinajstić information content (AvgIpc) is 2.44. The molecule has 0 saturated carbocycles. The van der Waals surface area contributed by atoms with Gasteiger partial charge >= 0.3 is 5.97 Å². The van der Waals surface area contributed by atoms with Gasteiger partial charge < -0.3 is 9.47 Å². The van der Waals surface area contributed by atoms with Gasteiger partial charge in [-0.05, 0) is 19.1 Å². The molecule has 0 aliphatic rings. The van der Waals surface area contributed by atoms with Gasteiger partial charge in [0.25, 0.3) is 0 Å². The van der Waals surface area contributed by atoms with Crippen molar-refractivity contribution in [3.63, 3.8) is 0 Å². The van der Waals surface area contributed by atoms with E-state index in [9.17, 15) is 4.79 Å². The van der Waals surface area contributed by atoms with Crippen LogP contribution in [0.15, 0.2) is 43.0 Å². The Morgan fingerprint density at radius 2 is 2.21 bits per heavy atom. The molecule has 0 N–H and O–H groups in total. The second kappa shape index (κ2) is 6.00. The Balaban J connectivity index is 2.49. The lowest BCUT2D eigenvalue weighted by Gasteiger charge is -2.09. The SMILES string of the molecule is C=CCOc1cc(C(=O)OCC)nc2ccccc12. The predicted octanol–water partition coefficient (Wildman–Crippen LogP) is 2.98. The number of nitrogens with zero attached hydrogens (tertiary/aromatic N) is 1. The first-order chi connectivity index (χ1) is 9.26. The Bertz CT molecular complexity index is 607. The molecule has 0 saturated heterocycles. The van der Waals surface area contributed by atoms with E-state index in [2.05, 4.69) is 11.6 Å². The minimum absolute atomic E-state index is 0.250. The van der Waals surface area contributed by atoms with Gasteiger partial charge in [-0.25, -0.2) is 9.78 Å². The highest BCUT2D eigenvalue weighted by Crippen LogP contribution is 2.25. The molecule has 19 heavy (non-hydrogen) atoms. The predicted molar refractivity (Wildman–Crippen MR) is 73.4 cm³/mol. The second-order valence-corrected chi connectivity index (χ2v) is 3.84. The van der Waals surface area contributed by atoms with Crippen LogP contribution in [0.2, 0.25) is 0 Å². The lowest BCUT2D eigenvalue weighted by Crippen LogP contribution is -2.08. The van der Waals surface area contributed by atoms with Crippen LogP contribution in [-0.2, 0) is 4.74 Å². The molecule has 1 heterocycles. The van der Waals surface area contributed by atoms with Crippen LogP contribution in [0.3, 0.4) is 0 Å². The van der Waals surface area contributed by atoms with Crippen molar-refractivity contribution in [2.75, 3.05) is 13.2 Å². The van der Waals surface area contributed by atoms with Gasteiger partial charge in [-0.1, -0.05) is 24.8 Å². The van der Waals surface area contributed by atoms with E-state index in [0.29, 0.717) is 24.5 Å². The van der Waals surface area contributed by atoms with Crippen LogP contribution in [0.5, 0.6) is 5.75 Å². The molecule has 0 amide bonds. The number of pyridine rings is 1. The number of ether oxygens (including phenoxy) is 2. The molecule has 2 aromatic rings. The third-order valence-electron chi connectivity index (χ3n) is 2.52. The normalized spacial score (nSPS) is 10.2. The summed E-state index contributed by atoms with van der Waals surface area (Å²) >= 11 is 0. The van der Waals surface area contributed by atoms with Gasteiger partial charge in [-0.15, -0.1) is 0 Å². The van der Waals surface area contributed by atoms with Crippen molar-refractivity contribution >= 4 is 16.9 Å². The molecule has 2 rings (SSSR count). The van der Waals surface area contributed by atoms with E-state index < -0.39 is 5.97 Å². The van der Waals surface area contributed by atoms with Crippen LogP contribution in [0.1, 0.15) is 17.4 Å². The number of carbonyl (C=O) groups is 1. The van der Waals surface area contributed by atoms with Crippen molar-refractivity contribution in [3.05, 3.63) is 48.7 Å². The first kappa shape index (κ1) is 13.1. The summed E-state index contributed by atoms with van der Waals surface area (Å²) < 4.78 is 10.5. The quantitative estimate of drug-likeness (QED) is 0.610. The van der Waals surface area contributed by atoms with Crippen molar-refractivity contribution in [2.24, 2.45) is 0 Å². The Hall–Kier alpha value is -2.36. The minimum Gasteiger partial charge on any atom is -0.489 e. The van der Waals surface area contributed by atoms with E-state index in [0.717, 1.165) is 5.39 Å². The van der Waals surface area contributed by atoms with Gasteiger partial charge in [0.05, 0.1) is 12.1 Å². The molecule has 0 aliphatic carbocycles. The Labute approximate surface area is 111 Å². The molecule has 0 fully saturated rings. The van der Waals surface area contributed by atoms with Crippen LogP contribution in [0.25, 0.3) is 10.9 Å². The van der Waals surface area contributed by atoms with Crippen molar-refractivity contribution in [2.45, 2.75) is 6.92 Å². The average molecular weight is 257 g/mol. The number of hydrogen-bond donors (Lipinski definition) is 0. The highest BCUT2D eigenvalue weighted by molar-refractivity contribution is 5.94. The zero-order valence-electron chi connectivity index (χ0n) is 10.8. The summed E-state index contributed by atoms with van der Waals surface area (Å²) in [7, 11) is 0. The molecule has 0 aliphatic heterocycles. The van der Waals surface area contributed by atoms with Crippen molar-refractivity contribution in [1.82, 2.24) is 4.98 Å². The fraction of sp³-hybridized carbons (Fsp3) is 0.200. The maximum Gasteiger partial charge on any atom is 0.357 e. The Morgan fingerprint density at radius 3 is 2.95 bits per heavy atom. The molecule has 0 atom stereocenters. The number of hydrogen-bond acceptors (Lipinski definition) is 4. The lowest BCUT2D eigenvalue weighted by molar-refractivity contribution is 0.0519. The molecule has 0 bridgehead atoms. The molecule has 0 unspecified atom stereocenters. The maximum atomic E-state index is 11.8. The Kier molecular flexibility index (Phi) is 4.13. The van der Waals surface area contributed by atoms with Crippen LogP contribution in [0, 0.1) is 0 Å². The first-order valence-corrected chi connectivity index (χ1v) is 6.07. The smallest absolute Gasteiger partial charge is 0.357 e. The maximum absolute atomic E-state index is 11.8. The van der Waals surface area contributed by atoms with Gasteiger partial charge in [0.15, 0.2) is 5.69 Å². The summed E-state index contributed by atoms with van der Waals surface area (Å²) in [6.45, 7) is 6.06. The van der Waals surface area contributed by atoms with E-state index in [4.69, 9.17) is 9.47 Å². The number of benzene rings is 1. The monoisotopic (exact) mass is 257 g/mol. The van der Waals surface area contributed by atoms with E-state index in [1.54, 1.807) is 19.1 Å². The largest absolute Gasteiger partial charge is 0.489 e. The minimum atomic E-state index is -0.447. The van der Waals surface area contributed by atoms with Gasteiger partial charge in [-0.3, -0.25) is 0 Å². The molecule has 1 aromatic heterocycles. The number of esters is 1. The summed E-state index contributed by atoms with van der Waals surface area (Å²) in [4.78, 5) is 16.0. The number of aromatic nitrogens is 1. The fourth-order valence-electron chi connectivity index (χ4n) is 1.72. The van der Waals surface area contributed by atoms with E-state index in [1.807, 2.05) is 24.3 Å². The zero-order chi connectivity index (χ0) is 13.7. The molecule has 1 aromatic carbocycles. The van der Waals surface area contributed by atoms with Crippen LogP contribution >= 0.6 is 0 Å². The number of carbonyl (C=O) groups excluding carboxylic acids is 1. The lowest BCUT2D eigenvalue weighted by atomic mass is 10.2. The summed E-state index contributed by atoms with van der Waals surface area (Å²) in [5, 5.41) is 0.859. The number of fused-ring (bicyclic) bond motifs is 1. The van der Waals surface area contributed by atoms with Crippen LogP contribution < -0.4 is 4.74 Å². The van der Waals surface area contributed by atoms with E-state index >= 15 is 0 Å². The molecule has 4 nitrogen and oxygen atoms in total. The third kappa shape index (κ3) is 2.91. The van der Waals surface area contributed by atoms with E-state index in [-0.39, 0.29) is 5.69 Å². The topological polar surface area (TPSA) is 48.4 Å². The molecular weight excluding hydrogens is 242 g/mol. The van der Waals surface area contributed by atoms with Crippen LogP contribution in [0.4, 0.5) is 0 Å². The molecule has 98 valence electrons. The zero-order valence-corrected chi connectivity index (χ0v) is 10.8. The number of para-hydroxylation sites is 1. The molecule has 0 radical (unpaired) electrons. The van der Waals surface area contributed by atoms with Crippen molar-refractivity contribution in [1.29, 1.82) is 0 Å².